The van der Waals surface area contributed by atoms with Crippen molar-refractivity contribution >= 4 is 5.91 Å². The van der Waals surface area contributed by atoms with Crippen LogP contribution in [0.15, 0.2) is 59.2 Å². The highest BCUT2D eigenvalue weighted by molar-refractivity contribution is 5.92. The van der Waals surface area contributed by atoms with Crippen molar-refractivity contribution in [3.05, 3.63) is 77.2 Å². The fourth-order valence-corrected chi connectivity index (χ4v) is 3.45. The molecule has 1 atom stereocenters. The maximum Gasteiger partial charge on any atom is 0.416 e. The van der Waals surface area contributed by atoms with Crippen LogP contribution in [-0.2, 0) is 12.6 Å². The van der Waals surface area contributed by atoms with E-state index in [-0.39, 0.29) is 23.5 Å². The lowest BCUT2D eigenvalue weighted by Crippen LogP contribution is -2.31. The predicted molar refractivity (Wildman–Crippen MR) is 96.5 cm³/mol. The number of aromatic nitrogens is 1. The first-order chi connectivity index (χ1) is 13.4. The zero-order valence-corrected chi connectivity index (χ0v) is 14.8. The van der Waals surface area contributed by atoms with Crippen LogP contribution in [0.25, 0.3) is 11.5 Å². The van der Waals surface area contributed by atoms with Gasteiger partial charge in [-0.1, -0.05) is 24.3 Å². The lowest BCUT2D eigenvalue weighted by atomic mass is 9.88. The summed E-state index contributed by atoms with van der Waals surface area (Å²) in [6.45, 7) is 0. The molecule has 0 radical (unpaired) electrons. The first-order valence-electron chi connectivity index (χ1n) is 8.93. The molecular weight excluding hydrogens is 369 g/mol. The van der Waals surface area contributed by atoms with Crippen LogP contribution in [0.5, 0.6) is 0 Å². The van der Waals surface area contributed by atoms with Crippen molar-refractivity contribution in [2.75, 3.05) is 0 Å². The van der Waals surface area contributed by atoms with Crippen molar-refractivity contribution < 1.29 is 22.4 Å². The summed E-state index contributed by atoms with van der Waals surface area (Å²) in [6, 6.07) is 12.4. The molecule has 0 spiro atoms. The standard InChI is InChI=1S/C21H17F3N2O2/c22-21(23,24)15-10-8-14(9-11-15)20-26-18(12-28-20)19(27)25-17-7-3-5-13-4-1-2-6-16(13)17/h1-2,4,6,8-12,17H,3,5,7H2,(H,25,27). The van der Waals surface area contributed by atoms with Crippen LogP contribution >= 0.6 is 0 Å². The number of carbonyl (C=O) groups excluding carboxylic acids is 1. The quantitative estimate of drug-likeness (QED) is 0.676. The van der Waals surface area contributed by atoms with E-state index in [0.29, 0.717) is 5.56 Å². The molecule has 3 aromatic rings. The number of rotatable bonds is 3. The zero-order chi connectivity index (χ0) is 19.7. The maximum atomic E-state index is 12.7. The Hall–Kier alpha value is -3.09. The highest BCUT2D eigenvalue weighted by Gasteiger charge is 2.30. The monoisotopic (exact) mass is 386 g/mol. The van der Waals surface area contributed by atoms with Gasteiger partial charge in [-0.15, -0.1) is 0 Å². The van der Waals surface area contributed by atoms with E-state index in [2.05, 4.69) is 16.4 Å². The molecule has 7 heteroatoms. The van der Waals surface area contributed by atoms with Gasteiger partial charge in [0.2, 0.25) is 5.89 Å². The van der Waals surface area contributed by atoms with Crippen molar-refractivity contribution in [1.29, 1.82) is 0 Å². The summed E-state index contributed by atoms with van der Waals surface area (Å²) >= 11 is 0. The number of carbonyl (C=O) groups is 1. The second-order valence-corrected chi connectivity index (χ2v) is 6.73. The molecule has 0 aliphatic heterocycles. The molecule has 1 unspecified atom stereocenters. The van der Waals surface area contributed by atoms with Crippen LogP contribution in [0.3, 0.4) is 0 Å². The number of amides is 1. The Morgan fingerprint density at radius 3 is 2.61 bits per heavy atom. The Morgan fingerprint density at radius 1 is 1.11 bits per heavy atom. The smallest absolute Gasteiger partial charge is 0.416 e. The fraction of sp³-hybridized carbons (Fsp3) is 0.238. The average molecular weight is 386 g/mol. The van der Waals surface area contributed by atoms with Gasteiger partial charge in [-0.3, -0.25) is 4.79 Å². The topological polar surface area (TPSA) is 55.1 Å². The number of nitrogens with one attached hydrogen (secondary N) is 1. The molecule has 1 heterocycles. The highest BCUT2D eigenvalue weighted by atomic mass is 19.4. The molecule has 0 bridgehead atoms. The third kappa shape index (κ3) is 3.65. The lowest BCUT2D eigenvalue weighted by Gasteiger charge is -2.25. The third-order valence-electron chi connectivity index (χ3n) is 4.87. The molecule has 0 fully saturated rings. The van der Waals surface area contributed by atoms with Crippen molar-refractivity contribution in [3.8, 4) is 11.5 Å². The highest BCUT2D eigenvalue weighted by Crippen LogP contribution is 2.31. The molecule has 1 N–H and O–H groups in total. The van der Waals surface area contributed by atoms with Crippen LogP contribution in [0, 0.1) is 0 Å². The Kier molecular flexibility index (Phi) is 4.66. The van der Waals surface area contributed by atoms with Gasteiger partial charge in [0.15, 0.2) is 5.69 Å². The summed E-state index contributed by atoms with van der Waals surface area (Å²) in [5.74, 6) is -0.272. The molecule has 1 aromatic heterocycles. The number of aryl methyl sites for hydroxylation is 1. The van der Waals surface area contributed by atoms with E-state index in [1.807, 2.05) is 18.2 Å². The van der Waals surface area contributed by atoms with Crippen molar-refractivity contribution in [2.24, 2.45) is 0 Å². The minimum atomic E-state index is -4.41. The number of alkyl halides is 3. The first-order valence-corrected chi connectivity index (χ1v) is 8.93. The molecular formula is C21H17F3N2O2. The minimum Gasteiger partial charge on any atom is -0.444 e. The SMILES string of the molecule is O=C(NC1CCCc2ccccc21)c1coc(-c2ccc(C(F)(F)F)cc2)n1. The van der Waals surface area contributed by atoms with Crippen LogP contribution in [0.4, 0.5) is 13.2 Å². The lowest BCUT2D eigenvalue weighted by molar-refractivity contribution is -0.137. The molecule has 144 valence electrons. The molecule has 0 saturated carbocycles. The first kappa shape index (κ1) is 18.3. The number of halogens is 3. The van der Waals surface area contributed by atoms with Gasteiger partial charge in [0, 0.05) is 5.56 Å². The summed E-state index contributed by atoms with van der Waals surface area (Å²) in [5.41, 5.74) is 2.04. The normalized spacial score (nSPS) is 16.5. The van der Waals surface area contributed by atoms with Gasteiger partial charge in [-0.2, -0.15) is 13.2 Å². The van der Waals surface area contributed by atoms with Crippen LogP contribution < -0.4 is 5.32 Å². The van der Waals surface area contributed by atoms with E-state index in [0.717, 1.165) is 37.0 Å². The Morgan fingerprint density at radius 2 is 1.86 bits per heavy atom. The van der Waals surface area contributed by atoms with Crippen LogP contribution in [-0.4, -0.2) is 10.9 Å². The minimum absolute atomic E-state index is 0.0938. The number of hydrogen-bond acceptors (Lipinski definition) is 3. The number of nitrogens with zero attached hydrogens (tertiary/aromatic N) is 1. The van der Waals surface area contributed by atoms with Crippen molar-refractivity contribution in [3.63, 3.8) is 0 Å². The van der Waals surface area contributed by atoms with Crippen molar-refractivity contribution in [2.45, 2.75) is 31.5 Å². The number of oxazole rings is 1. The summed E-state index contributed by atoms with van der Waals surface area (Å²) in [4.78, 5) is 16.7. The molecule has 0 saturated heterocycles. The summed E-state index contributed by atoms with van der Waals surface area (Å²) in [5, 5.41) is 2.97. The third-order valence-corrected chi connectivity index (χ3v) is 4.87. The molecule has 4 rings (SSSR count). The zero-order valence-electron chi connectivity index (χ0n) is 14.8. The van der Waals surface area contributed by atoms with Gasteiger partial charge in [0.1, 0.15) is 6.26 Å². The van der Waals surface area contributed by atoms with E-state index in [1.165, 1.54) is 24.0 Å². The Bertz CT molecular complexity index is 993. The second-order valence-electron chi connectivity index (χ2n) is 6.73. The molecule has 1 aliphatic carbocycles. The van der Waals surface area contributed by atoms with E-state index in [9.17, 15) is 18.0 Å². The number of hydrogen-bond donors (Lipinski definition) is 1. The molecule has 2 aromatic carbocycles. The second kappa shape index (κ2) is 7.14. The molecule has 1 amide bonds. The van der Waals surface area contributed by atoms with E-state index in [1.54, 1.807) is 0 Å². The average Bonchev–Trinajstić information content (AvgIpc) is 3.18. The van der Waals surface area contributed by atoms with Crippen LogP contribution in [0.1, 0.15) is 46.1 Å². The molecule has 4 nitrogen and oxygen atoms in total. The van der Waals surface area contributed by atoms with E-state index in [4.69, 9.17) is 4.42 Å². The summed E-state index contributed by atoms with van der Waals surface area (Å²) in [7, 11) is 0. The largest absolute Gasteiger partial charge is 0.444 e. The van der Waals surface area contributed by atoms with E-state index < -0.39 is 11.7 Å². The Balaban J connectivity index is 1.50. The molecule has 28 heavy (non-hydrogen) atoms. The summed E-state index contributed by atoms with van der Waals surface area (Å²) < 4.78 is 43.3. The van der Waals surface area contributed by atoms with Crippen molar-refractivity contribution in [1.82, 2.24) is 10.3 Å². The van der Waals surface area contributed by atoms with Gasteiger partial charge >= 0.3 is 6.18 Å². The van der Waals surface area contributed by atoms with Gasteiger partial charge in [-0.05, 0) is 54.7 Å². The fourth-order valence-electron chi connectivity index (χ4n) is 3.45. The number of benzene rings is 2. The Labute approximate surface area is 159 Å². The molecule has 1 aliphatic rings. The predicted octanol–water partition coefficient (Wildman–Crippen LogP) is 5.17. The maximum absolute atomic E-state index is 12.7. The van der Waals surface area contributed by atoms with Gasteiger partial charge < -0.3 is 9.73 Å². The van der Waals surface area contributed by atoms with E-state index >= 15 is 0 Å². The van der Waals surface area contributed by atoms with Gasteiger partial charge in [-0.25, -0.2) is 4.98 Å². The van der Waals surface area contributed by atoms with Crippen LogP contribution in [0.2, 0.25) is 0 Å². The number of fused-ring (bicyclic) bond motifs is 1. The van der Waals surface area contributed by atoms with Gasteiger partial charge in [0.05, 0.1) is 11.6 Å². The summed E-state index contributed by atoms with van der Waals surface area (Å²) in [6.07, 6.45) is -0.373. The van der Waals surface area contributed by atoms with Gasteiger partial charge in [0.25, 0.3) is 5.91 Å².